The van der Waals surface area contributed by atoms with E-state index in [2.05, 4.69) is 16.5 Å². The summed E-state index contributed by atoms with van der Waals surface area (Å²) >= 11 is 0. The van der Waals surface area contributed by atoms with Crippen molar-refractivity contribution >= 4 is 11.8 Å². The number of hydrogen-bond acceptors (Lipinski definition) is 5. The number of aromatic nitrogens is 2. The normalized spacial score (nSPS) is 20.6. The Bertz CT molecular complexity index is 617. The number of carbonyl (C=O) groups excluding carboxylic acids is 1. The zero-order valence-electron chi connectivity index (χ0n) is 13.2. The molecule has 0 radical (unpaired) electrons. The summed E-state index contributed by atoms with van der Waals surface area (Å²) in [6.45, 7) is 2.75. The first-order chi connectivity index (χ1) is 10.5. The van der Waals surface area contributed by atoms with E-state index < -0.39 is 5.41 Å². The van der Waals surface area contributed by atoms with Gasteiger partial charge in [-0.1, -0.05) is 6.42 Å². The van der Waals surface area contributed by atoms with Crippen LogP contribution in [0.4, 0.5) is 5.82 Å². The summed E-state index contributed by atoms with van der Waals surface area (Å²) in [5, 5.41) is 16.5. The Morgan fingerprint density at radius 1 is 1.55 bits per heavy atom. The fourth-order valence-corrected chi connectivity index (χ4v) is 4.02. The number of nitrogens with one attached hydrogen (secondary N) is 1. The molecule has 6 nitrogen and oxygen atoms in total. The van der Waals surface area contributed by atoms with Gasteiger partial charge in [0, 0.05) is 13.6 Å². The van der Waals surface area contributed by atoms with Gasteiger partial charge < -0.3 is 10.1 Å². The summed E-state index contributed by atoms with van der Waals surface area (Å²) in [6, 6.07) is 2.12. The van der Waals surface area contributed by atoms with Crippen LogP contribution < -0.4 is 5.32 Å². The molecule has 1 N–H and O–H groups in total. The number of anilines is 1. The van der Waals surface area contributed by atoms with Crippen LogP contribution in [-0.2, 0) is 16.6 Å². The van der Waals surface area contributed by atoms with E-state index in [0.29, 0.717) is 29.9 Å². The first kappa shape index (κ1) is 14.9. The molecule has 1 aromatic heterocycles. The van der Waals surface area contributed by atoms with Crippen LogP contribution in [0.3, 0.4) is 0 Å². The van der Waals surface area contributed by atoms with Gasteiger partial charge in [-0.25, -0.2) is 0 Å². The fraction of sp³-hybridized carbons (Fsp3) is 0.688. The van der Waals surface area contributed by atoms with Gasteiger partial charge in [-0.2, -0.15) is 10.4 Å². The molecule has 0 aromatic carbocycles. The second-order valence-corrected chi connectivity index (χ2v) is 6.70. The van der Waals surface area contributed by atoms with Crippen LogP contribution in [0.1, 0.15) is 44.6 Å². The summed E-state index contributed by atoms with van der Waals surface area (Å²) in [7, 11) is 1.79. The molecule has 1 spiro atoms. The van der Waals surface area contributed by atoms with Crippen LogP contribution in [0.2, 0.25) is 0 Å². The van der Waals surface area contributed by atoms with Gasteiger partial charge in [0.05, 0.1) is 18.2 Å². The number of nitrogens with zero attached hydrogens (tertiary/aromatic N) is 3. The van der Waals surface area contributed by atoms with Gasteiger partial charge in [-0.15, -0.1) is 0 Å². The summed E-state index contributed by atoms with van der Waals surface area (Å²) in [6.07, 6.45) is 7.05. The molecule has 118 valence electrons. The largest absolute Gasteiger partial charge is 0.466 e. The highest BCUT2D eigenvalue weighted by Crippen LogP contribution is 2.64. The highest BCUT2D eigenvalue weighted by Gasteiger charge is 2.61. The minimum Gasteiger partial charge on any atom is -0.466 e. The first-order valence-electron chi connectivity index (χ1n) is 7.87. The monoisotopic (exact) mass is 302 g/mol. The maximum Gasteiger partial charge on any atom is 0.313 e. The third-order valence-electron chi connectivity index (χ3n) is 5.20. The van der Waals surface area contributed by atoms with E-state index in [9.17, 15) is 4.79 Å². The zero-order valence-corrected chi connectivity index (χ0v) is 13.2. The Kier molecular flexibility index (Phi) is 3.59. The summed E-state index contributed by atoms with van der Waals surface area (Å²) in [4.78, 5) is 12.4. The van der Waals surface area contributed by atoms with E-state index in [1.165, 1.54) is 25.5 Å². The van der Waals surface area contributed by atoms with Crippen molar-refractivity contribution in [2.24, 2.45) is 17.9 Å². The summed E-state index contributed by atoms with van der Waals surface area (Å²) in [5.74, 6) is 0.557. The second kappa shape index (κ2) is 5.31. The smallest absolute Gasteiger partial charge is 0.313 e. The average Bonchev–Trinajstić information content (AvgIpc) is 2.77. The van der Waals surface area contributed by atoms with Gasteiger partial charge in [0.25, 0.3) is 0 Å². The van der Waals surface area contributed by atoms with Crippen molar-refractivity contribution in [2.45, 2.75) is 39.0 Å². The number of aryl methyl sites for hydroxylation is 1. The van der Waals surface area contributed by atoms with Crippen LogP contribution in [-0.4, -0.2) is 28.9 Å². The highest BCUT2D eigenvalue weighted by atomic mass is 16.5. The predicted molar refractivity (Wildman–Crippen MR) is 81.0 cm³/mol. The second-order valence-electron chi connectivity index (χ2n) is 6.70. The van der Waals surface area contributed by atoms with Gasteiger partial charge in [0.1, 0.15) is 17.5 Å². The number of ether oxygens (including phenoxy) is 1. The van der Waals surface area contributed by atoms with Gasteiger partial charge in [0.15, 0.2) is 0 Å². The molecule has 0 unspecified atom stereocenters. The number of rotatable bonds is 5. The molecule has 0 amide bonds. The number of carbonyl (C=O) groups is 1. The molecule has 0 saturated heterocycles. The Balaban J connectivity index is 1.73. The molecule has 3 rings (SSSR count). The number of esters is 1. The predicted octanol–water partition coefficient (Wildman–Crippen LogP) is 2.22. The van der Waals surface area contributed by atoms with Crippen LogP contribution in [0, 0.1) is 22.2 Å². The third-order valence-corrected chi connectivity index (χ3v) is 5.20. The average molecular weight is 302 g/mol. The fourth-order valence-electron chi connectivity index (χ4n) is 4.02. The third kappa shape index (κ3) is 2.25. The Labute approximate surface area is 130 Å². The molecule has 2 fully saturated rings. The Hall–Kier alpha value is -2.03. The van der Waals surface area contributed by atoms with Crippen molar-refractivity contribution in [1.82, 2.24) is 9.78 Å². The number of hydrogen-bond donors (Lipinski definition) is 1. The summed E-state index contributed by atoms with van der Waals surface area (Å²) in [5.41, 5.74) is 0.422. The van der Waals surface area contributed by atoms with E-state index in [1.54, 1.807) is 11.7 Å². The lowest BCUT2D eigenvalue weighted by Crippen LogP contribution is -2.58. The van der Waals surface area contributed by atoms with E-state index >= 15 is 0 Å². The standard InChI is InChI=1S/C16H22N4O2/c1-3-22-14(21)16(9-15(10-16)5-4-6-15)11-18-13-12(7-17)8-19-20(13)2/h8,18H,3-6,9-11H2,1-2H3. The SMILES string of the molecule is CCOC(=O)C1(CNc2c(C#N)cnn2C)CC2(CCC2)C1. The van der Waals surface area contributed by atoms with E-state index in [-0.39, 0.29) is 5.97 Å². The minimum atomic E-state index is -0.451. The maximum absolute atomic E-state index is 12.4. The molecule has 2 aliphatic carbocycles. The van der Waals surface area contributed by atoms with Crippen molar-refractivity contribution in [1.29, 1.82) is 5.26 Å². The molecular weight excluding hydrogens is 280 g/mol. The maximum atomic E-state index is 12.4. The van der Waals surface area contributed by atoms with Gasteiger partial charge in [-0.05, 0) is 38.0 Å². The van der Waals surface area contributed by atoms with E-state index in [0.717, 1.165) is 12.8 Å². The van der Waals surface area contributed by atoms with Crippen molar-refractivity contribution < 1.29 is 9.53 Å². The van der Waals surface area contributed by atoms with Gasteiger partial charge in [-0.3, -0.25) is 9.48 Å². The van der Waals surface area contributed by atoms with Crippen LogP contribution in [0.5, 0.6) is 0 Å². The lowest BCUT2D eigenvalue weighted by atomic mass is 9.45. The van der Waals surface area contributed by atoms with Gasteiger partial charge >= 0.3 is 5.97 Å². The zero-order chi connectivity index (χ0) is 15.8. The quantitative estimate of drug-likeness (QED) is 0.844. The van der Waals surface area contributed by atoms with Crippen LogP contribution in [0.15, 0.2) is 6.20 Å². The highest BCUT2D eigenvalue weighted by molar-refractivity contribution is 5.79. The first-order valence-corrected chi connectivity index (χ1v) is 7.87. The molecular formula is C16H22N4O2. The molecule has 0 bridgehead atoms. The summed E-state index contributed by atoms with van der Waals surface area (Å²) < 4.78 is 6.94. The molecule has 2 aliphatic rings. The molecule has 0 atom stereocenters. The minimum absolute atomic E-state index is 0.110. The van der Waals surface area contributed by atoms with E-state index in [1.807, 2.05) is 6.92 Å². The molecule has 1 heterocycles. The van der Waals surface area contributed by atoms with Crippen molar-refractivity contribution in [2.75, 3.05) is 18.5 Å². The molecule has 1 aromatic rings. The Morgan fingerprint density at radius 3 is 2.82 bits per heavy atom. The molecule has 22 heavy (non-hydrogen) atoms. The number of nitriles is 1. The van der Waals surface area contributed by atoms with Crippen LogP contribution >= 0.6 is 0 Å². The topological polar surface area (TPSA) is 79.9 Å². The van der Waals surface area contributed by atoms with E-state index in [4.69, 9.17) is 10.00 Å². The lowest BCUT2D eigenvalue weighted by molar-refractivity contribution is -0.178. The van der Waals surface area contributed by atoms with Crippen molar-refractivity contribution in [3.63, 3.8) is 0 Å². The molecule has 2 saturated carbocycles. The molecule has 0 aliphatic heterocycles. The van der Waals surface area contributed by atoms with Gasteiger partial charge in [0.2, 0.25) is 0 Å². The lowest BCUT2D eigenvalue weighted by Gasteiger charge is -2.59. The molecule has 6 heteroatoms. The van der Waals surface area contributed by atoms with Crippen molar-refractivity contribution in [3.05, 3.63) is 11.8 Å². The van der Waals surface area contributed by atoms with Crippen molar-refractivity contribution in [3.8, 4) is 6.07 Å². The van der Waals surface area contributed by atoms with Crippen LogP contribution in [0.25, 0.3) is 0 Å². The Morgan fingerprint density at radius 2 is 2.27 bits per heavy atom.